The fraction of sp³-hybridized carbons (Fsp3) is 0.600. The molecule has 2 rings (SSSR count). The van der Waals surface area contributed by atoms with Gasteiger partial charge in [-0.1, -0.05) is 0 Å². The van der Waals surface area contributed by atoms with Gasteiger partial charge in [0.2, 0.25) is 11.8 Å². The molecular weight excluding hydrogens is 254 g/mol. The van der Waals surface area contributed by atoms with Gasteiger partial charge in [0.15, 0.2) is 0 Å². The van der Waals surface area contributed by atoms with Gasteiger partial charge in [-0.05, 0) is 26.0 Å². The van der Waals surface area contributed by atoms with E-state index in [0.717, 1.165) is 6.54 Å². The van der Waals surface area contributed by atoms with Crippen molar-refractivity contribution in [1.29, 1.82) is 0 Å². The van der Waals surface area contributed by atoms with Crippen molar-refractivity contribution >= 4 is 11.8 Å². The zero-order chi connectivity index (χ0) is 14.5. The zero-order valence-electron chi connectivity index (χ0n) is 12.2. The molecule has 2 heterocycles. The summed E-state index contributed by atoms with van der Waals surface area (Å²) >= 11 is 0. The second-order valence-corrected chi connectivity index (χ2v) is 5.68. The van der Waals surface area contributed by atoms with Gasteiger partial charge in [0.25, 0.3) is 0 Å². The molecule has 0 aromatic carbocycles. The third-order valence-electron chi connectivity index (χ3n) is 3.71. The van der Waals surface area contributed by atoms with Crippen LogP contribution in [0.1, 0.15) is 26.7 Å². The fourth-order valence-corrected chi connectivity index (χ4v) is 2.54. The largest absolute Gasteiger partial charge is 0.356 e. The quantitative estimate of drug-likeness (QED) is 0.851. The van der Waals surface area contributed by atoms with Crippen LogP contribution >= 0.6 is 0 Å². The molecule has 0 aliphatic carbocycles. The lowest BCUT2D eigenvalue weighted by molar-refractivity contribution is -0.129. The molecule has 0 spiro atoms. The number of aryl methyl sites for hydroxylation is 1. The summed E-state index contributed by atoms with van der Waals surface area (Å²) in [5.74, 6) is 0.501. The zero-order valence-corrected chi connectivity index (χ0v) is 12.2. The van der Waals surface area contributed by atoms with Crippen LogP contribution in [0.2, 0.25) is 0 Å². The van der Waals surface area contributed by atoms with Gasteiger partial charge in [-0.2, -0.15) is 0 Å². The molecule has 0 radical (unpaired) electrons. The minimum atomic E-state index is 0.0501. The van der Waals surface area contributed by atoms with Crippen molar-refractivity contribution in [3.8, 4) is 0 Å². The van der Waals surface area contributed by atoms with Crippen molar-refractivity contribution < 1.29 is 9.59 Å². The first kappa shape index (κ1) is 14.6. The molecule has 110 valence electrons. The number of rotatable bonds is 6. The van der Waals surface area contributed by atoms with Crippen LogP contribution in [0.25, 0.3) is 0 Å². The highest BCUT2D eigenvalue weighted by atomic mass is 16.2. The molecule has 1 N–H and O–H groups in total. The minimum Gasteiger partial charge on any atom is -0.356 e. The topological polar surface area (TPSA) is 54.3 Å². The van der Waals surface area contributed by atoms with Crippen LogP contribution in [0.5, 0.6) is 0 Å². The lowest BCUT2D eigenvalue weighted by Crippen LogP contribution is -2.34. The van der Waals surface area contributed by atoms with Crippen LogP contribution in [0, 0.1) is 5.92 Å². The summed E-state index contributed by atoms with van der Waals surface area (Å²) in [5.41, 5.74) is 0. The second-order valence-electron chi connectivity index (χ2n) is 5.68. The van der Waals surface area contributed by atoms with Crippen LogP contribution in [-0.4, -0.2) is 40.4 Å². The third kappa shape index (κ3) is 3.85. The summed E-state index contributed by atoms with van der Waals surface area (Å²) in [7, 11) is 0. The van der Waals surface area contributed by atoms with E-state index < -0.39 is 0 Å². The molecule has 0 saturated carbocycles. The third-order valence-corrected chi connectivity index (χ3v) is 3.71. The number of nitrogens with zero attached hydrogens (tertiary/aromatic N) is 2. The van der Waals surface area contributed by atoms with E-state index in [1.54, 1.807) is 0 Å². The molecule has 1 fully saturated rings. The number of hydrogen-bond donors (Lipinski definition) is 1. The summed E-state index contributed by atoms with van der Waals surface area (Å²) in [4.78, 5) is 25.4. The van der Waals surface area contributed by atoms with Crippen molar-refractivity contribution in [1.82, 2.24) is 14.8 Å². The molecule has 1 atom stereocenters. The number of likely N-dealkylation sites (tertiary alicyclic amines) is 1. The van der Waals surface area contributed by atoms with Crippen LogP contribution in [0.3, 0.4) is 0 Å². The van der Waals surface area contributed by atoms with Gasteiger partial charge >= 0.3 is 0 Å². The first-order chi connectivity index (χ1) is 9.56. The lowest BCUT2D eigenvalue weighted by Gasteiger charge is -2.21. The summed E-state index contributed by atoms with van der Waals surface area (Å²) < 4.78 is 1.99. The predicted molar refractivity (Wildman–Crippen MR) is 77.0 cm³/mol. The standard InChI is InChI=1S/C15H23N3O2/c1-12(2)18-11-13(9-15(18)20)10-16-14(19)5-8-17-6-3-4-7-17/h3-4,6-7,12-13H,5,8-11H2,1-2H3,(H,16,19)/t13-/m0/s1. The van der Waals surface area contributed by atoms with E-state index in [-0.39, 0.29) is 23.8 Å². The Labute approximate surface area is 119 Å². The molecule has 2 amide bonds. The Kier molecular flexibility index (Phi) is 4.82. The number of nitrogens with one attached hydrogen (secondary N) is 1. The van der Waals surface area contributed by atoms with Gasteiger partial charge in [0, 0.05) is 56.8 Å². The van der Waals surface area contributed by atoms with Crippen molar-refractivity contribution in [3.63, 3.8) is 0 Å². The number of carbonyl (C=O) groups excluding carboxylic acids is 2. The average molecular weight is 277 g/mol. The van der Waals surface area contributed by atoms with Crippen LogP contribution in [0.4, 0.5) is 0 Å². The van der Waals surface area contributed by atoms with Gasteiger partial charge in [-0.25, -0.2) is 0 Å². The number of hydrogen-bond acceptors (Lipinski definition) is 2. The lowest BCUT2D eigenvalue weighted by atomic mass is 10.1. The van der Waals surface area contributed by atoms with E-state index in [1.165, 1.54) is 0 Å². The Morgan fingerprint density at radius 3 is 2.70 bits per heavy atom. The van der Waals surface area contributed by atoms with E-state index >= 15 is 0 Å². The Hall–Kier alpha value is -1.78. The van der Waals surface area contributed by atoms with E-state index in [4.69, 9.17) is 0 Å². The Morgan fingerprint density at radius 2 is 2.10 bits per heavy atom. The maximum absolute atomic E-state index is 11.8. The fourth-order valence-electron chi connectivity index (χ4n) is 2.54. The first-order valence-corrected chi connectivity index (χ1v) is 7.23. The number of amides is 2. The van der Waals surface area contributed by atoms with Crippen LogP contribution in [-0.2, 0) is 16.1 Å². The maximum atomic E-state index is 11.8. The highest BCUT2D eigenvalue weighted by Gasteiger charge is 2.30. The molecule has 1 aromatic heterocycles. The van der Waals surface area contributed by atoms with Crippen molar-refractivity contribution in [2.24, 2.45) is 5.92 Å². The Bertz CT molecular complexity index is 454. The van der Waals surface area contributed by atoms with Gasteiger partial charge in [0.05, 0.1) is 0 Å². The first-order valence-electron chi connectivity index (χ1n) is 7.23. The second kappa shape index (κ2) is 6.59. The smallest absolute Gasteiger partial charge is 0.223 e. The van der Waals surface area contributed by atoms with Crippen LogP contribution in [0.15, 0.2) is 24.5 Å². The van der Waals surface area contributed by atoms with Gasteiger partial charge in [0.1, 0.15) is 0 Å². The van der Waals surface area contributed by atoms with Crippen molar-refractivity contribution in [2.75, 3.05) is 13.1 Å². The minimum absolute atomic E-state index is 0.0501. The normalized spacial score (nSPS) is 18.9. The van der Waals surface area contributed by atoms with E-state index in [2.05, 4.69) is 5.32 Å². The molecule has 1 aromatic rings. The molecule has 0 bridgehead atoms. The molecular formula is C15H23N3O2. The molecule has 0 unspecified atom stereocenters. The Morgan fingerprint density at radius 1 is 1.40 bits per heavy atom. The van der Waals surface area contributed by atoms with Crippen molar-refractivity contribution in [3.05, 3.63) is 24.5 Å². The van der Waals surface area contributed by atoms with E-state index in [0.29, 0.717) is 25.9 Å². The highest BCUT2D eigenvalue weighted by molar-refractivity contribution is 5.79. The molecule has 1 aliphatic rings. The van der Waals surface area contributed by atoms with Crippen molar-refractivity contribution in [2.45, 2.75) is 39.3 Å². The number of carbonyl (C=O) groups is 2. The van der Waals surface area contributed by atoms with E-state index in [1.807, 2.05) is 47.8 Å². The summed E-state index contributed by atoms with van der Waals surface area (Å²) in [6, 6.07) is 4.14. The molecule has 1 aliphatic heterocycles. The molecule has 5 nitrogen and oxygen atoms in total. The highest BCUT2D eigenvalue weighted by Crippen LogP contribution is 2.19. The maximum Gasteiger partial charge on any atom is 0.223 e. The molecule has 1 saturated heterocycles. The van der Waals surface area contributed by atoms with Crippen LogP contribution < -0.4 is 5.32 Å². The SMILES string of the molecule is CC(C)N1C[C@H](CNC(=O)CCn2cccc2)CC1=O. The summed E-state index contributed by atoms with van der Waals surface area (Å²) in [5, 5.41) is 2.94. The van der Waals surface area contributed by atoms with E-state index in [9.17, 15) is 9.59 Å². The molecule has 20 heavy (non-hydrogen) atoms. The Balaban J connectivity index is 1.68. The monoisotopic (exact) mass is 277 g/mol. The average Bonchev–Trinajstić information content (AvgIpc) is 3.03. The summed E-state index contributed by atoms with van der Waals surface area (Å²) in [6.45, 7) is 6.10. The van der Waals surface area contributed by atoms with Gasteiger partial charge < -0.3 is 14.8 Å². The van der Waals surface area contributed by atoms with Gasteiger partial charge in [-0.15, -0.1) is 0 Å². The van der Waals surface area contributed by atoms with Gasteiger partial charge in [-0.3, -0.25) is 9.59 Å². The molecule has 5 heteroatoms. The summed E-state index contributed by atoms with van der Waals surface area (Å²) in [6.07, 6.45) is 4.92. The predicted octanol–water partition coefficient (Wildman–Crippen LogP) is 1.25. The number of aromatic nitrogens is 1.